The molecule has 2 heterocycles. The van der Waals surface area contributed by atoms with Crippen LogP contribution in [0.2, 0.25) is 0 Å². The molecule has 3 aromatic rings. The molecule has 3 amide bonds. The van der Waals surface area contributed by atoms with E-state index in [9.17, 15) is 31.2 Å². The minimum absolute atomic E-state index is 0.0337. The van der Waals surface area contributed by atoms with Crippen molar-refractivity contribution >= 4 is 33.3 Å². The molecule has 0 radical (unpaired) electrons. The number of pyridine rings is 1. The lowest BCUT2D eigenvalue weighted by molar-refractivity contribution is -0.274. The smallest absolute Gasteiger partial charge is 0.406 e. The Morgan fingerprint density at radius 2 is 1.69 bits per heavy atom. The summed E-state index contributed by atoms with van der Waals surface area (Å²) in [6.45, 7) is -0.432. The highest BCUT2D eigenvalue weighted by Crippen LogP contribution is 2.29. The number of rotatable bonds is 7. The number of carbonyl (C=O) groups excluding carboxylic acids is 2. The number of carbonyl (C=O) groups is 2. The SMILES string of the molecule is O=C1CN(Cc2ccncc2NS(=O)(=O)c2ccccc2)C(=O)N1c1ccc(OC(F)(F)F)cc1. The van der Waals surface area contributed by atoms with Gasteiger partial charge < -0.3 is 9.64 Å². The second kappa shape index (κ2) is 9.25. The molecule has 0 atom stereocenters. The molecule has 1 fully saturated rings. The van der Waals surface area contributed by atoms with E-state index in [2.05, 4.69) is 14.4 Å². The first kappa shape index (κ1) is 24.0. The number of hydrogen-bond acceptors (Lipinski definition) is 6. The van der Waals surface area contributed by atoms with Crippen LogP contribution in [0.3, 0.4) is 0 Å². The van der Waals surface area contributed by atoms with E-state index < -0.39 is 34.1 Å². The predicted molar refractivity (Wildman–Crippen MR) is 118 cm³/mol. The van der Waals surface area contributed by atoms with E-state index >= 15 is 0 Å². The standard InChI is InChI=1S/C22H17F3N4O5S/c23-22(24,25)34-17-8-6-16(7-9-17)29-20(30)14-28(21(29)31)13-15-10-11-26-12-19(15)27-35(32,33)18-4-2-1-3-5-18/h1-12,27H,13-14H2. The molecular formula is C22H17F3N4O5S. The summed E-state index contributed by atoms with van der Waals surface area (Å²) in [6, 6.07) is 12.8. The summed E-state index contributed by atoms with van der Waals surface area (Å²) in [5.41, 5.74) is 0.580. The maximum Gasteiger partial charge on any atom is 0.573 e. The third-order valence-corrected chi connectivity index (χ3v) is 6.32. The minimum atomic E-state index is -4.87. The monoisotopic (exact) mass is 506 g/mol. The minimum Gasteiger partial charge on any atom is -0.406 e. The topological polar surface area (TPSA) is 109 Å². The normalized spacial score (nSPS) is 14.4. The Bertz CT molecular complexity index is 1350. The number of nitrogens with zero attached hydrogens (tertiary/aromatic N) is 3. The molecule has 0 spiro atoms. The zero-order valence-corrected chi connectivity index (χ0v) is 18.6. The number of alkyl halides is 3. The second-order valence-corrected chi connectivity index (χ2v) is 9.04. The van der Waals surface area contributed by atoms with Crippen LogP contribution in [0.5, 0.6) is 5.75 Å². The fraction of sp³-hybridized carbons (Fsp3) is 0.136. The first-order valence-electron chi connectivity index (χ1n) is 10.0. The van der Waals surface area contributed by atoms with Crippen molar-refractivity contribution in [2.45, 2.75) is 17.8 Å². The van der Waals surface area contributed by atoms with Crippen molar-refractivity contribution < 1.29 is 35.9 Å². The average Bonchev–Trinajstić information content (AvgIpc) is 3.08. The van der Waals surface area contributed by atoms with E-state index in [0.717, 1.165) is 29.2 Å². The van der Waals surface area contributed by atoms with Gasteiger partial charge in [-0.1, -0.05) is 18.2 Å². The van der Waals surface area contributed by atoms with Crippen molar-refractivity contribution in [1.29, 1.82) is 0 Å². The summed E-state index contributed by atoms with van der Waals surface area (Å²) >= 11 is 0. The van der Waals surface area contributed by atoms with Gasteiger partial charge in [0.25, 0.3) is 15.9 Å². The number of ether oxygens (including phenoxy) is 1. The van der Waals surface area contributed by atoms with Crippen molar-refractivity contribution in [2.75, 3.05) is 16.2 Å². The lowest BCUT2D eigenvalue weighted by Gasteiger charge is -2.19. The Morgan fingerprint density at radius 3 is 2.34 bits per heavy atom. The molecule has 0 aliphatic carbocycles. The van der Waals surface area contributed by atoms with Gasteiger partial charge in [-0.2, -0.15) is 0 Å². The Hall–Kier alpha value is -4.13. The van der Waals surface area contributed by atoms with Crippen molar-refractivity contribution in [3.63, 3.8) is 0 Å². The Morgan fingerprint density at radius 1 is 1.00 bits per heavy atom. The summed E-state index contributed by atoms with van der Waals surface area (Å²) in [4.78, 5) is 31.4. The van der Waals surface area contributed by atoms with E-state index in [1.807, 2.05) is 0 Å². The number of nitrogens with one attached hydrogen (secondary N) is 1. The fourth-order valence-electron chi connectivity index (χ4n) is 3.39. The van der Waals surface area contributed by atoms with Gasteiger partial charge in [0.05, 0.1) is 29.0 Å². The van der Waals surface area contributed by atoms with Gasteiger partial charge in [-0.25, -0.2) is 18.1 Å². The lowest BCUT2D eigenvalue weighted by atomic mass is 10.2. The van der Waals surface area contributed by atoms with Gasteiger partial charge in [0.2, 0.25) is 0 Å². The van der Waals surface area contributed by atoms with Crippen LogP contribution >= 0.6 is 0 Å². The van der Waals surface area contributed by atoms with Gasteiger partial charge in [0.15, 0.2) is 0 Å². The van der Waals surface area contributed by atoms with Crippen LogP contribution in [0.4, 0.5) is 29.3 Å². The summed E-state index contributed by atoms with van der Waals surface area (Å²) in [7, 11) is -3.93. The van der Waals surface area contributed by atoms with E-state index in [1.165, 1.54) is 35.5 Å². The van der Waals surface area contributed by atoms with E-state index in [-0.39, 0.29) is 29.4 Å². The molecule has 1 N–H and O–H groups in total. The summed E-state index contributed by atoms with van der Waals surface area (Å²) in [5, 5.41) is 0. The van der Waals surface area contributed by atoms with Gasteiger partial charge in [-0.3, -0.25) is 14.5 Å². The van der Waals surface area contributed by atoms with Gasteiger partial charge >= 0.3 is 12.4 Å². The zero-order valence-electron chi connectivity index (χ0n) is 17.8. The van der Waals surface area contributed by atoms with Crippen LogP contribution in [0, 0.1) is 0 Å². The van der Waals surface area contributed by atoms with Crippen LogP contribution in [0.25, 0.3) is 0 Å². The Kier molecular flexibility index (Phi) is 6.35. The quantitative estimate of drug-likeness (QED) is 0.489. The maximum absolute atomic E-state index is 12.9. The number of sulfonamides is 1. The van der Waals surface area contributed by atoms with Gasteiger partial charge in [-0.05, 0) is 48.0 Å². The highest BCUT2D eigenvalue weighted by molar-refractivity contribution is 7.92. The Labute approximate surface area is 197 Å². The van der Waals surface area contributed by atoms with Crippen LogP contribution in [0.15, 0.2) is 78.0 Å². The van der Waals surface area contributed by atoms with E-state index in [4.69, 9.17) is 0 Å². The first-order valence-corrected chi connectivity index (χ1v) is 11.5. The number of halogens is 3. The molecule has 1 saturated heterocycles. The van der Waals surface area contributed by atoms with Crippen LogP contribution in [0.1, 0.15) is 5.56 Å². The molecule has 2 aromatic carbocycles. The molecule has 1 aliphatic heterocycles. The van der Waals surface area contributed by atoms with Crippen LogP contribution < -0.4 is 14.4 Å². The second-order valence-electron chi connectivity index (χ2n) is 7.36. The van der Waals surface area contributed by atoms with Crippen molar-refractivity contribution in [3.8, 4) is 5.75 Å². The predicted octanol–water partition coefficient (Wildman–Crippen LogP) is 3.75. The number of amides is 3. The molecule has 13 heteroatoms. The van der Waals surface area contributed by atoms with E-state index in [0.29, 0.717) is 5.56 Å². The van der Waals surface area contributed by atoms with Gasteiger partial charge in [0.1, 0.15) is 12.3 Å². The van der Waals surface area contributed by atoms with Crippen LogP contribution in [-0.4, -0.2) is 43.1 Å². The molecule has 1 aromatic heterocycles. The molecule has 182 valence electrons. The zero-order chi connectivity index (χ0) is 25.2. The highest BCUT2D eigenvalue weighted by Gasteiger charge is 2.38. The van der Waals surface area contributed by atoms with Crippen molar-refractivity contribution in [3.05, 3.63) is 78.6 Å². The van der Waals surface area contributed by atoms with E-state index in [1.54, 1.807) is 18.2 Å². The average molecular weight is 506 g/mol. The van der Waals surface area contributed by atoms with Crippen molar-refractivity contribution in [2.24, 2.45) is 0 Å². The number of imide groups is 1. The molecule has 0 bridgehead atoms. The maximum atomic E-state index is 12.9. The molecule has 0 unspecified atom stereocenters. The van der Waals surface area contributed by atoms with Crippen molar-refractivity contribution in [1.82, 2.24) is 9.88 Å². The number of anilines is 2. The molecular weight excluding hydrogens is 489 g/mol. The number of urea groups is 1. The molecule has 1 aliphatic rings. The molecule has 35 heavy (non-hydrogen) atoms. The summed E-state index contributed by atoms with van der Waals surface area (Å²) in [6.07, 6.45) is -2.17. The lowest BCUT2D eigenvalue weighted by Crippen LogP contribution is -2.33. The first-order chi connectivity index (χ1) is 16.5. The number of aromatic nitrogens is 1. The summed E-state index contributed by atoms with van der Waals surface area (Å²) in [5.74, 6) is -1.09. The van der Waals surface area contributed by atoms with Gasteiger partial charge in [-0.15, -0.1) is 13.2 Å². The largest absolute Gasteiger partial charge is 0.573 e. The highest BCUT2D eigenvalue weighted by atomic mass is 32.2. The molecule has 9 nitrogen and oxygen atoms in total. The summed E-state index contributed by atoms with van der Waals surface area (Å²) < 4.78 is 68.7. The molecule has 0 saturated carbocycles. The number of benzene rings is 2. The third-order valence-electron chi connectivity index (χ3n) is 4.94. The van der Waals surface area contributed by atoms with Gasteiger partial charge in [0, 0.05) is 6.20 Å². The fourth-order valence-corrected chi connectivity index (χ4v) is 4.49. The third kappa shape index (κ3) is 5.51. The Balaban J connectivity index is 1.51. The molecule has 4 rings (SSSR count). The van der Waals surface area contributed by atoms with Crippen LogP contribution in [-0.2, 0) is 21.4 Å². The number of hydrogen-bond donors (Lipinski definition) is 1.